The molecule has 3 aromatic rings. The number of piperidine rings is 1. The lowest BCUT2D eigenvalue weighted by atomic mass is 9.97. The van der Waals surface area contributed by atoms with Crippen LogP contribution in [0.4, 0.5) is 18.0 Å². The van der Waals surface area contributed by atoms with Gasteiger partial charge in [0.1, 0.15) is 28.9 Å². The number of amides is 2. The number of rotatable bonds is 5. The molecule has 2 amide bonds. The predicted molar refractivity (Wildman–Crippen MR) is 152 cm³/mol. The lowest BCUT2D eigenvalue weighted by molar-refractivity contribution is -0.140. The highest BCUT2D eigenvalue weighted by Crippen LogP contribution is 2.39. The highest BCUT2D eigenvalue weighted by molar-refractivity contribution is 5.91. The van der Waals surface area contributed by atoms with Gasteiger partial charge in [0, 0.05) is 50.0 Å². The molecule has 2 fully saturated rings. The minimum absolute atomic E-state index is 0.0000621. The van der Waals surface area contributed by atoms with Crippen molar-refractivity contribution in [2.45, 2.75) is 64.3 Å². The van der Waals surface area contributed by atoms with E-state index in [1.54, 1.807) is 49.5 Å². The van der Waals surface area contributed by atoms with Gasteiger partial charge in [0.05, 0.1) is 12.3 Å². The van der Waals surface area contributed by atoms with E-state index in [0.717, 1.165) is 6.07 Å². The quantitative estimate of drug-likeness (QED) is 0.396. The number of nitriles is 1. The smallest absolute Gasteiger partial charge is 0.421 e. The van der Waals surface area contributed by atoms with Gasteiger partial charge in [-0.1, -0.05) is 0 Å². The summed E-state index contributed by atoms with van der Waals surface area (Å²) in [4.78, 5) is 41.4. The summed E-state index contributed by atoms with van der Waals surface area (Å²) in [7, 11) is 1.71. The molecule has 5 rings (SSSR count). The molecule has 0 unspecified atom stereocenters. The highest BCUT2D eigenvalue weighted by Gasteiger charge is 2.40. The summed E-state index contributed by atoms with van der Waals surface area (Å²) >= 11 is 0. The molecule has 2 saturated heterocycles. The molecule has 0 saturated carbocycles. The molecule has 5 heterocycles. The third-order valence-electron chi connectivity index (χ3n) is 7.80. The van der Waals surface area contributed by atoms with Gasteiger partial charge in [-0.15, -0.1) is 0 Å². The van der Waals surface area contributed by atoms with E-state index >= 15 is 0 Å². The van der Waals surface area contributed by atoms with Crippen LogP contribution in [0.25, 0.3) is 22.3 Å². The summed E-state index contributed by atoms with van der Waals surface area (Å²) in [5.41, 5.74) is -1.05. The first-order valence-corrected chi connectivity index (χ1v) is 14.5. The number of carbonyl (C=O) groups excluding carboxylic acids is 2. The van der Waals surface area contributed by atoms with Crippen LogP contribution >= 0.6 is 0 Å². The van der Waals surface area contributed by atoms with E-state index in [4.69, 9.17) is 9.47 Å². The number of pyridine rings is 1. The number of likely N-dealkylation sites (tertiary alicyclic amines) is 2. The minimum Gasteiger partial charge on any atom is -0.477 e. The number of halogens is 3. The van der Waals surface area contributed by atoms with Crippen LogP contribution in [-0.4, -0.2) is 79.2 Å². The van der Waals surface area contributed by atoms with E-state index in [2.05, 4.69) is 15.0 Å². The number of hydrogen-bond donors (Lipinski definition) is 0. The maximum atomic E-state index is 14.2. The first kappa shape index (κ1) is 31.0. The van der Waals surface area contributed by atoms with E-state index in [1.807, 2.05) is 6.07 Å². The van der Waals surface area contributed by atoms with E-state index in [9.17, 15) is 28.0 Å². The van der Waals surface area contributed by atoms with Crippen LogP contribution in [-0.2, 0) is 22.8 Å². The number of fused-ring (bicyclic) bond motifs is 1. The van der Waals surface area contributed by atoms with Crippen molar-refractivity contribution < 1.29 is 32.2 Å². The van der Waals surface area contributed by atoms with Gasteiger partial charge in [0.15, 0.2) is 0 Å². The molecule has 2 aliphatic heterocycles. The van der Waals surface area contributed by atoms with E-state index in [-0.39, 0.29) is 35.5 Å². The number of carbonyl (C=O) groups is 2. The Morgan fingerprint density at radius 2 is 1.84 bits per heavy atom. The average Bonchev–Trinajstić information content (AvgIpc) is 3.61. The zero-order chi connectivity index (χ0) is 31.8. The van der Waals surface area contributed by atoms with E-state index in [0.29, 0.717) is 56.4 Å². The van der Waals surface area contributed by atoms with Gasteiger partial charge >= 0.3 is 12.3 Å². The Morgan fingerprint density at radius 1 is 1.11 bits per heavy atom. The van der Waals surface area contributed by atoms with Crippen molar-refractivity contribution in [1.29, 1.82) is 5.26 Å². The van der Waals surface area contributed by atoms with E-state index < -0.39 is 35.4 Å². The number of nitrogens with zero attached hydrogens (tertiary/aromatic N) is 7. The Kier molecular flexibility index (Phi) is 8.42. The Hall–Kier alpha value is -4.41. The molecule has 0 bridgehead atoms. The first-order chi connectivity index (χ1) is 20.7. The molecule has 3 aromatic heterocycles. The largest absolute Gasteiger partial charge is 0.477 e. The van der Waals surface area contributed by atoms with Crippen molar-refractivity contribution in [3.63, 3.8) is 0 Å². The molecule has 11 nitrogen and oxygen atoms in total. The minimum atomic E-state index is -4.75. The molecule has 0 N–H and O–H groups in total. The number of alkyl halides is 3. The standard InChI is InChI=1S/C30H34F3N7O4/c1-29(2,3)44-28(42)40-10-5-6-22(40)27(41)39-12-7-18(8-13-39)17-43-26-21(30(31,32)33)14-19(16-35-26)24-20-9-11-38(4)25(20)37-23(15-34)36-24/h9,11,14,16,18,22H,5-8,10,12-13,17H2,1-4H3/t22-/m0/s1. The summed E-state index contributed by atoms with van der Waals surface area (Å²) in [6.45, 7) is 6.60. The zero-order valence-corrected chi connectivity index (χ0v) is 25.0. The Morgan fingerprint density at radius 3 is 2.50 bits per heavy atom. The van der Waals surface area contributed by atoms with Gasteiger partial charge in [0.2, 0.25) is 17.6 Å². The number of hydrogen-bond acceptors (Lipinski definition) is 8. The lowest BCUT2D eigenvalue weighted by Gasteiger charge is -2.35. The number of aromatic nitrogens is 4. The maximum Gasteiger partial charge on any atom is 0.421 e. The SMILES string of the molecule is Cn1ccc2c(-c3cnc(OCC4CCN(C(=O)[C@@H]5CCCN5C(=O)OC(C)(C)C)CC4)c(C(F)(F)F)c3)nc(C#N)nc21. The molecule has 0 aliphatic carbocycles. The topological polar surface area (TPSA) is 126 Å². The monoisotopic (exact) mass is 613 g/mol. The van der Waals surface area contributed by atoms with Crippen LogP contribution in [0.5, 0.6) is 5.88 Å². The number of ether oxygens (including phenoxy) is 2. The molecule has 0 spiro atoms. The summed E-state index contributed by atoms with van der Waals surface area (Å²) in [5.74, 6) is -0.937. The summed E-state index contributed by atoms with van der Waals surface area (Å²) in [5, 5.41) is 9.84. The van der Waals surface area contributed by atoms with Crippen LogP contribution in [0.1, 0.15) is 57.8 Å². The Labute approximate surface area is 252 Å². The predicted octanol–water partition coefficient (Wildman–Crippen LogP) is 4.94. The Balaban J connectivity index is 1.25. The van der Waals surface area contributed by atoms with Crippen molar-refractivity contribution in [2.75, 3.05) is 26.2 Å². The van der Waals surface area contributed by atoms with Gasteiger partial charge in [-0.3, -0.25) is 9.69 Å². The second kappa shape index (κ2) is 11.9. The summed E-state index contributed by atoms with van der Waals surface area (Å²) in [6, 6.07) is 3.87. The number of aryl methyl sites for hydroxylation is 1. The molecular weight excluding hydrogens is 579 g/mol. The van der Waals surface area contributed by atoms with Crippen LogP contribution in [0.15, 0.2) is 24.5 Å². The molecule has 2 aliphatic rings. The van der Waals surface area contributed by atoms with Gasteiger partial charge in [0.25, 0.3) is 0 Å². The van der Waals surface area contributed by atoms with Gasteiger partial charge in [-0.2, -0.15) is 18.4 Å². The van der Waals surface area contributed by atoms with E-state index in [1.165, 1.54) is 11.1 Å². The van der Waals surface area contributed by atoms with Crippen LogP contribution in [0, 0.1) is 17.2 Å². The summed E-state index contributed by atoms with van der Waals surface area (Å²) in [6.07, 6.45) is 0.0159. The molecule has 0 aromatic carbocycles. The zero-order valence-electron chi connectivity index (χ0n) is 25.0. The average molecular weight is 614 g/mol. The fourth-order valence-corrected chi connectivity index (χ4v) is 5.60. The summed E-state index contributed by atoms with van der Waals surface area (Å²) < 4.78 is 55.2. The van der Waals surface area contributed by atoms with Crippen molar-refractivity contribution in [3.05, 3.63) is 35.9 Å². The van der Waals surface area contributed by atoms with Crippen molar-refractivity contribution >= 4 is 23.0 Å². The van der Waals surface area contributed by atoms with Crippen molar-refractivity contribution in [3.8, 4) is 23.2 Å². The first-order valence-electron chi connectivity index (χ1n) is 14.5. The maximum absolute atomic E-state index is 14.2. The van der Waals surface area contributed by atoms with Gasteiger partial charge in [-0.05, 0) is 64.5 Å². The lowest BCUT2D eigenvalue weighted by Crippen LogP contribution is -2.51. The molecule has 1 atom stereocenters. The molecule has 234 valence electrons. The Bertz CT molecular complexity index is 1600. The fraction of sp³-hybridized carbons (Fsp3) is 0.533. The second-order valence-corrected chi connectivity index (χ2v) is 12.2. The van der Waals surface area contributed by atoms with Crippen molar-refractivity contribution in [1.82, 2.24) is 29.3 Å². The third kappa shape index (κ3) is 6.56. The van der Waals surface area contributed by atoms with Crippen LogP contribution in [0.3, 0.4) is 0 Å². The second-order valence-electron chi connectivity index (χ2n) is 12.2. The van der Waals surface area contributed by atoms with Crippen LogP contribution in [0.2, 0.25) is 0 Å². The molecule has 44 heavy (non-hydrogen) atoms. The molecule has 14 heteroatoms. The highest BCUT2D eigenvalue weighted by atomic mass is 19.4. The third-order valence-corrected chi connectivity index (χ3v) is 7.80. The van der Waals surface area contributed by atoms with Crippen LogP contribution < -0.4 is 4.74 Å². The van der Waals surface area contributed by atoms with Gasteiger partial charge in [-0.25, -0.2) is 19.7 Å². The fourth-order valence-electron chi connectivity index (χ4n) is 5.60. The normalized spacial score (nSPS) is 18.0. The molecule has 0 radical (unpaired) electrons. The molecular formula is C30H34F3N7O4. The van der Waals surface area contributed by atoms with Crippen molar-refractivity contribution in [2.24, 2.45) is 13.0 Å². The van der Waals surface area contributed by atoms with Gasteiger partial charge < -0.3 is 18.9 Å².